The minimum Gasteiger partial charge on any atom is -0.312 e. The fraction of sp³-hybridized carbons (Fsp3) is 0.308. The molecular weight excluding hydrogens is 296 g/mol. The molecule has 2 nitrogen and oxygen atoms in total. The highest BCUT2D eigenvalue weighted by Crippen LogP contribution is 2.23. The first-order valence-electron chi connectivity index (χ1n) is 5.55. The first-order valence-corrected chi connectivity index (χ1v) is 7.16. The van der Waals surface area contributed by atoms with Crippen molar-refractivity contribution in [2.24, 2.45) is 0 Å². The molecule has 1 atom stereocenters. The number of rotatable bonds is 4. The van der Waals surface area contributed by atoms with E-state index in [4.69, 9.17) is 0 Å². The van der Waals surface area contributed by atoms with Crippen molar-refractivity contribution in [2.75, 3.05) is 7.05 Å². The molecule has 1 N–H and O–H groups in total. The smallest absolute Gasteiger partial charge is 0.0972 e. The Bertz CT molecular complexity index is 496. The standard InChI is InChI=1S/C13H15BrN2S/c1-9(15-2)12-8-16-13(17-12)7-10-4-3-5-11(14)6-10/h3-6,8-9,15H,7H2,1-2H3. The van der Waals surface area contributed by atoms with E-state index in [1.54, 1.807) is 11.3 Å². The fourth-order valence-corrected chi connectivity index (χ4v) is 3.03. The number of thiazole rings is 1. The Morgan fingerprint density at radius 2 is 2.29 bits per heavy atom. The van der Waals surface area contributed by atoms with Gasteiger partial charge < -0.3 is 5.32 Å². The summed E-state index contributed by atoms with van der Waals surface area (Å²) in [4.78, 5) is 5.76. The quantitative estimate of drug-likeness (QED) is 0.929. The first-order chi connectivity index (χ1) is 8.19. The summed E-state index contributed by atoms with van der Waals surface area (Å²) in [6, 6.07) is 8.75. The second kappa shape index (κ2) is 5.76. The number of hydrogen-bond acceptors (Lipinski definition) is 3. The van der Waals surface area contributed by atoms with Crippen LogP contribution in [0, 0.1) is 0 Å². The summed E-state index contributed by atoms with van der Waals surface area (Å²) in [5, 5.41) is 4.40. The Morgan fingerprint density at radius 3 is 3.00 bits per heavy atom. The van der Waals surface area contributed by atoms with Gasteiger partial charge in [0.1, 0.15) is 0 Å². The van der Waals surface area contributed by atoms with Gasteiger partial charge in [0, 0.05) is 28.0 Å². The van der Waals surface area contributed by atoms with Gasteiger partial charge in [-0.2, -0.15) is 0 Å². The topological polar surface area (TPSA) is 24.9 Å². The van der Waals surface area contributed by atoms with E-state index in [1.807, 2.05) is 19.3 Å². The molecule has 0 fully saturated rings. The molecule has 1 aromatic heterocycles. The summed E-state index contributed by atoms with van der Waals surface area (Å²) in [7, 11) is 1.97. The molecule has 2 aromatic rings. The molecular formula is C13H15BrN2S. The van der Waals surface area contributed by atoms with Gasteiger partial charge >= 0.3 is 0 Å². The zero-order valence-electron chi connectivity index (χ0n) is 9.90. The molecule has 0 aliphatic heterocycles. The number of nitrogens with zero attached hydrogens (tertiary/aromatic N) is 1. The lowest BCUT2D eigenvalue weighted by atomic mass is 10.2. The lowest BCUT2D eigenvalue weighted by Crippen LogP contribution is -2.10. The highest BCUT2D eigenvalue weighted by Gasteiger charge is 2.08. The molecule has 0 aliphatic rings. The molecule has 0 aliphatic carbocycles. The Morgan fingerprint density at radius 1 is 1.47 bits per heavy atom. The predicted molar refractivity (Wildman–Crippen MR) is 76.5 cm³/mol. The van der Waals surface area contributed by atoms with Crippen LogP contribution < -0.4 is 5.32 Å². The molecule has 17 heavy (non-hydrogen) atoms. The Labute approximate surface area is 114 Å². The van der Waals surface area contributed by atoms with Crippen LogP contribution in [0.25, 0.3) is 0 Å². The van der Waals surface area contributed by atoms with E-state index in [-0.39, 0.29) is 0 Å². The van der Waals surface area contributed by atoms with Crippen molar-refractivity contribution in [3.05, 3.63) is 50.4 Å². The van der Waals surface area contributed by atoms with Gasteiger partial charge in [-0.3, -0.25) is 0 Å². The fourth-order valence-electron chi connectivity index (χ4n) is 1.57. The predicted octanol–water partition coefficient (Wildman–Crippen LogP) is 3.78. The zero-order chi connectivity index (χ0) is 12.3. The minimum absolute atomic E-state index is 0.378. The van der Waals surface area contributed by atoms with Crippen molar-refractivity contribution in [1.82, 2.24) is 10.3 Å². The second-order valence-corrected chi connectivity index (χ2v) is 6.04. The SMILES string of the molecule is CNC(C)c1cnc(Cc2cccc(Br)c2)s1. The van der Waals surface area contributed by atoms with E-state index >= 15 is 0 Å². The normalized spacial score (nSPS) is 12.6. The van der Waals surface area contributed by atoms with Crippen LogP contribution in [0.1, 0.15) is 28.4 Å². The Hall–Kier alpha value is -0.710. The maximum Gasteiger partial charge on any atom is 0.0972 e. The van der Waals surface area contributed by atoms with Crippen molar-refractivity contribution in [1.29, 1.82) is 0 Å². The average molecular weight is 311 g/mol. The third-order valence-corrected chi connectivity index (χ3v) is 4.35. The van der Waals surface area contributed by atoms with E-state index in [2.05, 4.69) is 51.4 Å². The van der Waals surface area contributed by atoms with Gasteiger partial charge in [0.25, 0.3) is 0 Å². The van der Waals surface area contributed by atoms with Crippen LogP contribution >= 0.6 is 27.3 Å². The van der Waals surface area contributed by atoms with Crippen molar-refractivity contribution in [3.8, 4) is 0 Å². The summed E-state index contributed by atoms with van der Waals surface area (Å²) < 4.78 is 1.12. The summed E-state index contributed by atoms with van der Waals surface area (Å²) >= 11 is 5.27. The number of halogens is 1. The van der Waals surface area contributed by atoms with E-state index in [0.717, 1.165) is 10.9 Å². The molecule has 0 amide bonds. The van der Waals surface area contributed by atoms with Crippen LogP contribution in [0.3, 0.4) is 0 Å². The molecule has 1 aromatic carbocycles. The van der Waals surface area contributed by atoms with Gasteiger partial charge in [0.2, 0.25) is 0 Å². The Kier molecular flexibility index (Phi) is 4.31. The monoisotopic (exact) mass is 310 g/mol. The number of nitrogens with one attached hydrogen (secondary N) is 1. The van der Waals surface area contributed by atoms with Crippen molar-refractivity contribution >= 4 is 27.3 Å². The largest absolute Gasteiger partial charge is 0.312 e. The first kappa shape index (κ1) is 12.7. The summed E-state index contributed by atoms with van der Waals surface area (Å²) in [5.74, 6) is 0. The molecule has 4 heteroatoms. The number of aromatic nitrogens is 1. The second-order valence-electron chi connectivity index (χ2n) is 3.97. The molecule has 0 radical (unpaired) electrons. The maximum atomic E-state index is 4.47. The lowest BCUT2D eigenvalue weighted by Gasteiger charge is -2.04. The van der Waals surface area contributed by atoms with Crippen molar-refractivity contribution in [3.63, 3.8) is 0 Å². The third kappa shape index (κ3) is 3.37. The highest BCUT2D eigenvalue weighted by molar-refractivity contribution is 9.10. The van der Waals surface area contributed by atoms with Crippen LogP contribution in [0.15, 0.2) is 34.9 Å². The lowest BCUT2D eigenvalue weighted by molar-refractivity contribution is 0.662. The molecule has 90 valence electrons. The average Bonchev–Trinajstić information content (AvgIpc) is 2.76. The molecule has 1 heterocycles. The van der Waals surface area contributed by atoms with Crippen LogP contribution in [0.4, 0.5) is 0 Å². The number of benzene rings is 1. The molecule has 0 saturated carbocycles. The molecule has 2 rings (SSSR count). The molecule has 1 unspecified atom stereocenters. The van der Waals surface area contributed by atoms with E-state index in [1.165, 1.54) is 15.4 Å². The minimum atomic E-state index is 0.378. The molecule has 0 spiro atoms. The summed E-state index contributed by atoms with van der Waals surface area (Å²) in [5.41, 5.74) is 1.29. The van der Waals surface area contributed by atoms with Gasteiger partial charge in [0.15, 0.2) is 0 Å². The van der Waals surface area contributed by atoms with Crippen LogP contribution in [-0.2, 0) is 6.42 Å². The van der Waals surface area contributed by atoms with Gasteiger partial charge in [-0.05, 0) is 31.7 Å². The van der Waals surface area contributed by atoms with E-state index in [9.17, 15) is 0 Å². The highest BCUT2D eigenvalue weighted by atomic mass is 79.9. The maximum absolute atomic E-state index is 4.47. The van der Waals surface area contributed by atoms with Crippen LogP contribution in [-0.4, -0.2) is 12.0 Å². The third-order valence-electron chi connectivity index (χ3n) is 2.68. The van der Waals surface area contributed by atoms with Gasteiger partial charge in [-0.15, -0.1) is 11.3 Å². The molecule has 0 bridgehead atoms. The van der Waals surface area contributed by atoms with Crippen LogP contribution in [0.5, 0.6) is 0 Å². The Balaban J connectivity index is 2.11. The zero-order valence-corrected chi connectivity index (χ0v) is 12.3. The van der Waals surface area contributed by atoms with Crippen LogP contribution in [0.2, 0.25) is 0 Å². The van der Waals surface area contributed by atoms with Gasteiger partial charge in [-0.1, -0.05) is 28.1 Å². The van der Waals surface area contributed by atoms with Gasteiger partial charge in [-0.25, -0.2) is 4.98 Å². The summed E-state index contributed by atoms with van der Waals surface area (Å²) in [6.45, 7) is 2.15. The van der Waals surface area contributed by atoms with Gasteiger partial charge in [0.05, 0.1) is 5.01 Å². The number of hydrogen-bond donors (Lipinski definition) is 1. The van der Waals surface area contributed by atoms with E-state index in [0.29, 0.717) is 6.04 Å². The molecule has 0 saturated heterocycles. The van der Waals surface area contributed by atoms with E-state index < -0.39 is 0 Å². The van der Waals surface area contributed by atoms with Crippen molar-refractivity contribution in [2.45, 2.75) is 19.4 Å². The summed E-state index contributed by atoms with van der Waals surface area (Å²) in [6.07, 6.45) is 2.87. The van der Waals surface area contributed by atoms with Crippen molar-refractivity contribution < 1.29 is 0 Å².